The number of phosphoric ester groups is 1. The molecule has 1 fully saturated rings. The number of hydrogen-bond donors (Lipinski definition) is 0. The number of nitrogens with zero attached hydrogens (tertiary/aromatic N) is 1. The van der Waals surface area contributed by atoms with Crippen molar-refractivity contribution in [1.29, 1.82) is 0 Å². The number of rotatable bonds is 12. The summed E-state index contributed by atoms with van der Waals surface area (Å²) in [5.41, 5.74) is 0. The summed E-state index contributed by atoms with van der Waals surface area (Å²) in [6.07, 6.45) is 5.99. The van der Waals surface area contributed by atoms with E-state index < -0.39 is 7.82 Å². The maximum atomic E-state index is 12.2. The molecule has 1 rings (SSSR count). The van der Waals surface area contributed by atoms with Crippen molar-refractivity contribution in [2.24, 2.45) is 23.7 Å². The average Bonchev–Trinajstić information content (AvgIpc) is 2.54. The van der Waals surface area contributed by atoms with E-state index in [1.807, 2.05) is 0 Å². The van der Waals surface area contributed by atoms with Crippen molar-refractivity contribution in [3.63, 3.8) is 0 Å². The van der Waals surface area contributed by atoms with Crippen LogP contribution in [0.5, 0.6) is 0 Å². The summed E-state index contributed by atoms with van der Waals surface area (Å²) >= 11 is 0. The molecule has 1 heterocycles. The van der Waals surface area contributed by atoms with Crippen molar-refractivity contribution in [2.45, 2.75) is 79.2 Å². The molecule has 0 aliphatic carbocycles. The molecule has 0 aromatic carbocycles. The van der Waals surface area contributed by atoms with Crippen molar-refractivity contribution < 1.29 is 23.0 Å². The molecule has 162 valence electrons. The number of phosphoric acid groups is 1. The molecule has 0 aromatic heterocycles. The highest BCUT2D eigenvalue weighted by atomic mass is 31.2. The number of hydrogen-bond acceptors (Lipinski definition) is 4. The molecule has 0 spiro atoms. The molecule has 1 saturated heterocycles. The molecule has 6 heteroatoms. The fourth-order valence-electron chi connectivity index (χ4n) is 4.27. The number of piperidine rings is 1. The van der Waals surface area contributed by atoms with Gasteiger partial charge < -0.3 is 18.4 Å². The largest absolute Gasteiger partial charge is 0.756 e. The molecular formula is C21H44NO4P. The lowest BCUT2D eigenvalue weighted by Crippen LogP contribution is -2.48. The van der Waals surface area contributed by atoms with Gasteiger partial charge in [0.2, 0.25) is 0 Å². The summed E-state index contributed by atoms with van der Waals surface area (Å²) in [6, 6.07) is 0. The van der Waals surface area contributed by atoms with E-state index in [0.717, 1.165) is 42.8 Å². The fourth-order valence-corrected chi connectivity index (χ4v) is 5.34. The van der Waals surface area contributed by atoms with E-state index in [1.165, 1.54) is 19.3 Å². The van der Waals surface area contributed by atoms with E-state index >= 15 is 0 Å². The number of likely N-dealkylation sites (tertiary alicyclic amines) is 1. The summed E-state index contributed by atoms with van der Waals surface area (Å²) in [6.45, 7) is 13.3. The van der Waals surface area contributed by atoms with Gasteiger partial charge in [0, 0.05) is 12.8 Å². The molecule has 0 radical (unpaired) electrons. The Bertz CT molecular complexity index is 461. The van der Waals surface area contributed by atoms with Gasteiger partial charge in [-0.05, 0) is 42.9 Å². The Morgan fingerprint density at radius 3 is 1.96 bits per heavy atom. The highest BCUT2D eigenvalue weighted by Crippen LogP contribution is 2.42. The van der Waals surface area contributed by atoms with Crippen molar-refractivity contribution >= 4 is 7.82 Å². The first-order valence-electron chi connectivity index (χ1n) is 10.9. The van der Waals surface area contributed by atoms with Crippen LogP contribution in [-0.4, -0.2) is 44.4 Å². The van der Waals surface area contributed by atoms with Gasteiger partial charge in [-0.15, -0.1) is 0 Å². The first kappa shape index (κ1) is 25.1. The quantitative estimate of drug-likeness (QED) is 0.344. The Balaban J connectivity index is 2.29. The second-order valence-corrected chi connectivity index (χ2v) is 11.3. The van der Waals surface area contributed by atoms with Gasteiger partial charge in [-0.25, -0.2) is 0 Å². The normalized spacial score (nSPS) is 24.7. The lowest BCUT2D eigenvalue weighted by Gasteiger charge is -2.38. The van der Waals surface area contributed by atoms with Crippen LogP contribution in [0.15, 0.2) is 0 Å². The molecular weight excluding hydrogens is 361 g/mol. The van der Waals surface area contributed by atoms with Crippen LogP contribution in [0.1, 0.15) is 73.1 Å². The molecule has 5 nitrogen and oxygen atoms in total. The fraction of sp³-hybridized carbons (Fsp3) is 1.00. The average molecular weight is 406 g/mol. The van der Waals surface area contributed by atoms with Gasteiger partial charge in [0.15, 0.2) is 0 Å². The Labute approximate surface area is 168 Å². The van der Waals surface area contributed by atoms with Crippen molar-refractivity contribution in [3.8, 4) is 0 Å². The van der Waals surface area contributed by atoms with Crippen LogP contribution >= 0.6 is 7.82 Å². The zero-order valence-electron chi connectivity index (χ0n) is 18.8. The zero-order chi connectivity index (χ0) is 20.7. The molecule has 27 heavy (non-hydrogen) atoms. The third-order valence-corrected chi connectivity index (χ3v) is 7.04. The molecule has 0 amide bonds. The topological polar surface area (TPSA) is 58.6 Å². The molecule has 0 bridgehead atoms. The standard InChI is InChI=1S/C21H44NO4P/c1-8-17(2)13-18(3)14-19(4)15-20(5)16-25-27(23,24)26-21-9-11-22(6,7)12-10-21/h17-21H,8-16H2,1-7H3. The van der Waals surface area contributed by atoms with Gasteiger partial charge in [0.05, 0.1) is 39.9 Å². The predicted octanol–water partition coefficient (Wildman–Crippen LogP) is 4.85. The van der Waals surface area contributed by atoms with Crippen LogP contribution in [0.3, 0.4) is 0 Å². The summed E-state index contributed by atoms with van der Waals surface area (Å²) in [5, 5.41) is 0. The van der Waals surface area contributed by atoms with Crippen LogP contribution < -0.4 is 4.89 Å². The maximum absolute atomic E-state index is 12.2. The van der Waals surface area contributed by atoms with Crippen LogP contribution in [0.2, 0.25) is 0 Å². The SMILES string of the molecule is CCC(C)CC(C)CC(C)CC(C)COP(=O)([O-])OC1CC[N+](C)(C)CC1. The Morgan fingerprint density at radius 1 is 0.963 bits per heavy atom. The van der Waals surface area contributed by atoms with Gasteiger partial charge in [-0.3, -0.25) is 4.57 Å². The zero-order valence-corrected chi connectivity index (χ0v) is 19.7. The molecule has 0 saturated carbocycles. The lowest BCUT2D eigenvalue weighted by atomic mass is 9.85. The van der Waals surface area contributed by atoms with Crippen molar-refractivity contribution in [1.82, 2.24) is 0 Å². The third kappa shape index (κ3) is 11.0. The van der Waals surface area contributed by atoms with E-state index in [2.05, 4.69) is 48.7 Å². The van der Waals surface area contributed by atoms with Crippen LogP contribution in [-0.2, 0) is 13.6 Å². The second-order valence-electron chi connectivity index (χ2n) is 9.97. The molecule has 1 aliphatic rings. The monoisotopic (exact) mass is 405 g/mol. The van der Waals surface area contributed by atoms with Crippen LogP contribution in [0, 0.1) is 23.7 Å². The minimum atomic E-state index is -4.21. The van der Waals surface area contributed by atoms with Crippen molar-refractivity contribution in [3.05, 3.63) is 0 Å². The van der Waals surface area contributed by atoms with Crippen LogP contribution in [0.4, 0.5) is 0 Å². The van der Waals surface area contributed by atoms with Gasteiger partial charge in [-0.2, -0.15) is 0 Å². The van der Waals surface area contributed by atoms with Gasteiger partial charge in [-0.1, -0.05) is 41.0 Å². The number of quaternary nitrogens is 1. The predicted molar refractivity (Wildman–Crippen MR) is 110 cm³/mol. The van der Waals surface area contributed by atoms with Gasteiger partial charge >= 0.3 is 0 Å². The molecule has 1 aliphatic heterocycles. The molecule has 5 atom stereocenters. The van der Waals surface area contributed by atoms with E-state index in [-0.39, 0.29) is 18.6 Å². The summed E-state index contributed by atoms with van der Waals surface area (Å²) < 4.78 is 23.6. The second kappa shape index (κ2) is 11.3. The molecule has 0 N–H and O–H groups in total. The minimum Gasteiger partial charge on any atom is -0.756 e. The summed E-state index contributed by atoms with van der Waals surface area (Å²) in [5.74, 6) is 2.28. The highest BCUT2D eigenvalue weighted by Gasteiger charge is 2.29. The van der Waals surface area contributed by atoms with Gasteiger partial charge in [0.1, 0.15) is 0 Å². The Kier molecular flexibility index (Phi) is 10.5. The van der Waals surface area contributed by atoms with E-state index in [4.69, 9.17) is 9.05 Å². The summed E-state index contributed by atoms with van der Waals surface area (Å²) in [7, 11) is 0.118. The molecule has 0 aromatic rings. The van der Waals surface area contributed by atoms with E-state index in [1.54, 1.807) is 0 Å². The lowest BCUT2D eigenvalue weighted by molar-refractivity contribution is -0.896. The minimum absolute atomic E-state index is 0.212. The summed E-state index contributed by atoms with van der Waals surface area (Å²) in [4.78, 5) is 12.2. The van der Waals surface area contributed by atoms with Gasteiger partial charge in [0.25, 0.3) is 7.82 Å². The Hall–Kier alpha value is 0.0700. The first-order valence-corrected chi connectivity index (χ1v) is 12.3. The van der Waals surface area contributed by atoms with Crippen molar-refractivity contribution in [2.75, 3.05) is 33.8 Å². The highest BCUT2D eigenvalue weighted by molar-refractivity contribution is 7.45. The first-order chi connectivity index (χ1) is 12.4. The molecule has 5 unspecified atom stereocenters. The Morgan fingerprint density at radius 2 is 1.44 bits per heavy atom. The smallest absolute Gasteiger partial charge is 0.268 e. The van der Waals surface area contributed by atoms with E-state index in [9.17, 15) is 9.46 Å². The maximum Gasteiger partial charge on any atom is 0.268 e. The third-order valence-electron chi connectivity index (χ3n) is 6.02. The van der Waals surface area contributed by atoms with Crippen LogP contribution in [0.25, 0.3) is 0 Å². The van der Waals surface area contributed by atoms with E-state index in [0.29, 0.717) is 11.8 Å².